The number of aryl methyl sites for hydroxylation is 1. The zero-order valence-corrected chi connectivity index (χ0v) is 20.0. The van der Waals surface area contributed by atoms with Gasteiger partial charge in [-0.2, -0.15) is 5.10 Å². The maximum absolute atomic E-state index is 13.3. The molecule has 4 rings (SSSR count). The minimum Gasteiger partial charge on any atom is -0.340 e. The topological polar surface area (TPSA) is 70.5 Å². The highest BCUT2D eigenvalue weighted by Crippen LogP contribution is 2.21. The van der Waals surface area contributed by atoms with Crippen LogP contribution in [0.5, 0.6) is 0 Å². The SMILES string of the molecule is Cc1nn(-c2ccc(F)cc2)c(C)c1CC(=O)N1CCN(CC(=O)Nc2ccccc2Cl)CC1. The monoisotopic (exact) mass is 483 g/mol. The molecule has 2 aromatic carbocycles. The van der Waals surface area contributed by atoms with Gasteiger partial charge in [0.15, 0.2) is 0 Å². The first-order valence-electron chi connectivity index (χ1n) is 11.2. The number of anilines is 1. The molecule has 1 aliphatic heterocycles. The molecule has 1 N–H and O–H groups in total. The lowest BCUT2D eigenvalue weighted by Crippen LogP contribution is -2.50. The second-order valence-corrected chi connectivity index (χ2v) is 8.81. The molecular formula is C25H27ClFN5O2. The van der Waals surface area contributed by atoms with E-state index < -0.39 is 0 Å². The Bertz CT molecular complexity index is 1190. The maximum atomic E-state index is 13.3. The first-order chi connectivity index (χ1) is 16.3. The van der Waals surface area contributed by atoms with Gasteiger partial charge in [-0.1, -0.05) is 23.7 Å². The summed E-state index contributed by atoms with van der Waals surface area (Å²) >= 11 is 6.10. The predicted octanol–water partition coefficient (Wildman–Crippen LogP) is 3.61. The number of halogens is 2. The van der Waals surface area contributed by atoms with Gasteiger partial charge < -0.3 is 10.2 Å². The lowest BCUT2D eigenvalue weighted by Gasteiger charge is -2.34. The van der Waals surface area contributed by atoms with Crippen molar-refractivity contribution in [3.63, 3.8) is 0 Å². The van der Waals surface area contributed by atoms with Gasteiger partial charge in [-0.25, -0.2) is 9.07 Å². The van der Waals surface area contributed by atoms with Crippen LogP contribution in [-0.4, -0.2) is 64.1 Å². The molecule has 0 unspecified atom stereocenters. The molecule has 9 heteroatoms. The van der Waals surface area contributed by atoms with Gasteiger partial charge in [0.1, 0.15) is 5.82 Å². The Morgan fingerprint density at radius 3 is 2.38 bits per heavy atom. The number of hydrogen-bond acceptors (Lipinski definition) is 4. The molecule has 0 atom stereocenters. The van der Waals surface area contributed by atoms with Crippen LogP contribution < -0.4 is 5.32 Å². The van der Waals surface area contributed by atoms with Crippen molar-refractivity contribution in [3.05, 3.63) is 76.3 Å². The number of amides is 2. The lowest BCUT2D eigenvalue weighted by molar-refractivity contribution is -0.132. The third-order valence-corrected chi connectivity index (χ3v) is 6.41. The summed E-state index contributed by atoms with van der Waals surface area (Å²) in [6, 6.07) is 13.2. The van der Waals surface area contributed by atoms with Crippen molar-refractivity contribution in [2.75, 3.05) is 38.0 Å². The van der Waals surface area contributed by atoms with Crippen molar-refractivity contribution in [2.24, 2.45) is 0 Å². The maximum Gasteiger partial charge on any atom is 0.238 e. The number of aromatic nitrogens is 2. The number of nitrogens with zero attached hydrogens (tertiary/aromatic N) is 4. The van der Waals surface area contributed by atoms with Crippen LogP contribution in [0.25, 0.3) is 5.69 Å². The Kier molecular flexibility index (Phi) is 7.29. The molecule has 1 aromatic heterocycles. The van der Waals surface area contributed by atoms with Crippen LogP contribution in [0.1, 0.15) is 17.0 Å². The summed E-state index contributed by atoms with van der Waals surface area (Å²) in [7, 11) is 0. The Morgan fingerprint density at radius 1 is 1.03 bits per heavy atom. The normalized spacial score (nSPS) is 14.3. The number of hydrogen-bond donors (Lipinski definition) is 1. The molecular weight excluding hydrogens is 457 g/mol. The Balaban J connectivity index is 1.31. The molecule has 3 aromatic rings. The van der Waals surface area contributed by atoms with E-state index in [1.807, 2.05) is 35.8 Å². The summed E-state index contributed by atoms with van der Waals surface area (Å²) in [4.78, 5) is 29.2. The van der Waals surface area contributed by atoms with E-state index in [4.69, 9.17) is 11.6 Å². The Labute approximate surface area is 203 Å². The van der Waals surface area contributed by atoms with E-state index in [0.29, 0.717) is 36.9 Å². The van der Waals surface area contributed by atoms with Gasteiger partial charge in [-0.15, -0.1) is 0 Å². The standard InChI is InChI=1S/C25H27ClFN5O2/c1-17-21(18(2)32(29-17)20-9-7-19(27)8-10-20)15-25(34)31-13-11-30(12-14-31)16-24(33)28-23-6-4-3-5-22(23)26/h3-10H,11-16H2,1-2H3,(H,28,33). The summed E-state index contributed by atoms with van der Waals surface area (Å²) in [5.74, 6) is -0.404. The van der Waals surface area contributed by atoms with Gasteiger partial charge in [-0.3, -0.25) is 14.5 Å². The fourth-order valence-electron chi connectivity index (χ4n) is 4.14. The van der Waals surface area contributed by atoms with E-state index in [0.717, 1.165) is 22.6 Å². The largest absolute Gasteiger partial charge is 0.340 e. The Hall–Kier alpha value is -3.23. The first-order valence-corrected chi connectivity index (χ1v) is 11.5. The lowest BCUT2D eigenvalue weighted by atomic mass is 10.1. The van der Waals surface area contributed by atoms with Crippen LogP contribution in [0.3, 0.4) is 0 Å². The van der Waals surface area contributed by atoms with E-state index in [1.165, 1.54) is 12.1 Å². The van der Waals surface area contributed by atoms with E-state index in [-0.39, 0.29) is 30.6 Å². The van der Waals surface area contributed by atoms with Crippen molar-refractivity contribution < 1.29 is 14.0 Å². The van der Waals surface area contributed by atoms with Crippen LogP contribution in [0.2, 0.25) is 5.02 Å². The molecule has 7 nitrogen and oxygen atoms in total. The van der Waals surface area contributed by atoms with Crippen molar-refractivity contribution in [3.8, 4) is 5.69 Å². The van der Waals surface area contributed by atoms with Crippen molar-refractivity contribution in [1.82, 2.24) is 19.6 Å². The number of para-hydroxylation sites is 1. The van der Waals surface area contributed by atoms with Crippen LogP contribution >= 0.6 is 11.6 Å². The number of piperazine rings is 1. The van der Waals surface area contributed by atoms with Gasteiger partial charge in [-0.05, 0) is 50.2 Å². The van der Waals surface area contributed by atoms with Crippen molar-refractivity contribution in [2.45, 2.75) is 20.3 Å². The number of carbonyl (C=O) groups is 2. The molecule has 1 fully saturated rings. The number of carbonyl (C=O) groups excluding carboxylic acids is 2. The van der Waals surface area contributed by atoms with Gasteiger partial charge in [0.2, 0.25) is 11.8 Å². The second kappa shape index (κ2) is 10.4. The average molecular weight is 484 g/mol. The fraction of sp³-hybridized carbons (Fsp3) is 0.320. The molecule has 0 bridgehead atoms. The molecule has 1 aliphatic rings. The van der Waals surface area contributed by atoms with E-state index >= 15 is 0 Å². The van der Waals surface area contributed by atoms with Gasteiger partial charge in [0, 0.05) is 37.4 Å². The first kappa shape index (κ1) is 23.9. The Morgan fingerprint density at radius 2 is 1.71 bits per heavy atom. The number of benzene rings is 2. The number of nitrogens with one attached hydrogen (secondary N) is 1. The van der Waals surface area contributed by atoms with E-state index in [2.05, 4.69) is 10.4 Å². The van der Waals surface area contributed by atoms with E-state index in [9.17, 15) is 14.0 Å². The third kappa shape index (κ3) is 5.46. The van der Waals surface area contributed by atoms with Crippen LogP contribution in [0.15, 0.2) is 48.5 Å². The zero-order valence-electron chi connectivity index (χ0n) is 19.2. The predicted molar refractivity (Wildman–Crippen MR) is 130 cm³/mol. The summed E-state index contributed by atoms with van der Waals surface area (Å²) in [5, 5.41) is 7.89. The van der Waals surface area contributed by atoms with Crippen molar-refractivity contribution in [1.29, 1.82) is 0 Å². The molecule has 2 heterocycles. The molecule has 0 radical (unpaired) electrons. The number of rotatable bonds is 6. The van der Waals surface area contributed by atoms with Crippen LogP contribution in [-0.2, 0) is 16.0 Å². The van der Waals surface area contributed by atoms with Crippen molar-refractivity contribution >= 4 is 29.1 Å². The highest BCUT2D eigenvalue weighted by Gasteiger charge is 2.25. The van der Waals surface area contributed by atoms with Gasteiger partial charge in [0.05, 0.1) is 35.1 Å². The quantitative estimate of drug-likeness (QED) is 0.581. The average Bonchev–Trinajstić information content (AvgIpc) is 3.10. The summed E-state index contributed by atoms with van der Waals surface area (Å²) in [6.45, 7) is 6.40. The molecule has 34 heavy (non-hydrogen) atoms. The third-order valence-electron chi connectivity index (χ3n) is 6.08. The zero-order chi connectivity index (χ0) is 24.2. The smallest absolute Gasteiger partial charge is 0.238 e. The highest BCUT2D eigenvalue weighted by molar-refractivity contribution is 6.33. The second-order valence-electron chi connectivity index (χ2n) is 8.40. The molecule has 178 valence electrons. The highest BCUT2D eigenvalue weighted by atomic mass is 35.5. The molecule has 0 spiro atoms. The molecule has 0 saturated carbocycles. The van der Waals surface area contributed by atoms with E-state index in [1.54, 1.807) is 28.9 Å². The molecule has 1 saturated heterocycles. The van der Waals surface area contributed by atoms with Crippen LogP contribution in [0.4, 0.5) is 10.1 Å². The van der Waals surface area contributed by atoms with Gasteiger partial charge >= 0.3 is 0 Å². The molecule has 0 aliphatic carbocycles. The van der Waals surface area contributed by atoms with Crippen LogP contribution in [0, 0.1) is 19.7 Å². The van der Waals surface area contributed by atoms with Gasteiger partial charge in [0.25, 0.3) is 0 Å². The minimum absolute atomic E-state index is 0.0324. The summed E-state index contributed by atoms with van der Waals surface area (Å²) in [6.07, 6.45) is 0.256. The summed E-state index contributed by atoms with van der Waals surface area (Å²) < 4.78 is 15.0. The minimum atomic E-state index is -0.304. The fourth-order valence-corrected chi connectivity index (χ4v) is 4.32. The summed E-state index contributed by atoms with van der Waals surface area (Å²) in [5.41, 5.74) is 3.88. The molecule has 2 amide bonds.